The summed E-state index contributed by atoms with van der Waals surface area (Å²) in [7, 11) is 1.73. The molecular formula is C15H18N2O. The molecule has 0 saturated heterocycles. The summed E-state index contributed by atoms with van der Waals surface area (Å²) in [6, 6.07) is 8.60. The Morgan fingerprint density at radius 2 is 2.22 bits per heavy atom. The number of ether oxygens (including phenoxy) is 1. The van der Waals surface area contributed by atoms with Crippen LogP contribution < -0.4 is 10.5 Å². The van der Waals surface area contributed by atoms with Crippen molar-refractivity contribution >= 4 is 0 Å². The van der Waals surface area contributed by atoms with Crippen molar-refractivity contribution in [3.8, 4) is 17.0 Å². The van der Waals surface area contributed by atoms with E-state index in [2.05, 4.69) is 29.0 Å². The normalized spacial score (nSPS) is 14.2. The molecule has 1 heterocycles. The number of nitrogens with zero attached hydrogens (tertiary/aromatic N) is 1. The largest absolute Gasteiger partial charge is 0.496 e. The van der Waals surface area contributed by atoms with E-state index in [4.69, 9.17) is 10.5 Å². The minimum Gasteiger partial charge on any atom is -0.496 e. The SMILES string of the molecule is COc1cccc2c1Cc1ccn(C[C@@H](C)N)c1-2. The predicted octanol–water partition coefficient (Wildman–Crippen LogP) is 2.42. The molecule has 0 radical (unpaired) electrons. The van der Waals surface area contributed by atoms with Crippen LogP contribution in [-0.4, -0.2) is 17.7 Å². The van der Waals surface area contributed by atoms with Crippen molar-refractivity contribution in [3.05, 3.63) is 41.6 Å². The summed E-state index contributed by atoms with van der Waals surface area (Å²) in [4.78, 5) is 0. The number of rotatable bonds is 3. The minimum absolute atomic E-state index is 0.163. The van der Waals surface area contributed by atoms with E-state index in [0.29, 0.717) is 0 Å². The summed E-state index contributed by atoms with van der Waals surface area (Å²) >= 11 is 0. The third kappa shape index (κ3) is 1.63. The summed E-state index contributed by atoms with van der Waals surface area (Å²) < 4.78 is 7.70. The van der Waals surface area contributed by atoms with Crippen LogP contribution in [-0.2, 0) is 13.0 Å². The number of nitrogens with two attached hydrogens (primary N) is 1. The van der Waals surface area contributed by atoms with E-state index in [1.54, 1.807) is 7.11 Å². The highest BCUT2D eigenvalue weighted by Gasteiger charge is 2.24. The van der Waals surface area contributed by atoms with Gasteiger partial charge < -0.3 is 15.0 Å². The molecule has 3 heteroatoms. The smallest absolute Gasteiger partial charge is 0.123 e. The fourth-order valence-corrected chi connectivity index (χ4v) is 2.80. The zero-order valence-corrected chi connectivity index (χ0v) is 10.8. The molecule has 3 rings (SSSR count). The topological polar surface area (TPSA) is 40.2 Å². The summed E-state index contributed by atoms with van der Waals surface area (Å²) in [5, 5.41) is 0. The lowest BCUT2D eigenvalue weighted by Gasteiger charge is -2.12. The third-order valence-electron chi connectivity index (χ3n) is 3.51. The van der Waals surface area contributed by atoms with Gasteiger partial charge in [0.25, 0.3) is 0 Å². The molecule has 1 aliphatic carbocycles. The van der Waals surface area contributed by atoms with Gasteiger partial charge in [-0.25, -0.2) is 0 Å². The Kier molecular flexibility index (Phi) is 2.63. The molecule has 1 aromatic heterocycles. The second-order valence-corrected chi connectivity index (χ2v) is 4.98. The first kappa shape index (κ1) is 11.4. The Hall–Kier alpha value is -1.74. The number of hydrogen-bond donors (Lipinski definition) is 1. The lowest BCUT2D eigenvalue weighted by atomic mass is 10.1. The van der Waals surface area contributed by atoms with Crippen molar-refractivity contribution in [2.75, 3.05) is 7.11 Å². The lowest BCUT2D eigenvalue weighted by molar-refractivity contribution is 0.411. The molecule has 0 aliphatic heterocycles. The van der Waals surface area contributed by atoms with E-state index in [-0.39, 0.29) is 6.04 Å². The predicted molar refractivity (Wildman–Crippen MR) is 72.9 cm³/mol. The first-order chi connectivity index (χ1) is 8.70. The van der Waals surface area contributed by atoms with Gasteiger partial charge in [-0.15, -0.1) is 0 Å². The summed E-state index contributed by atoms with van der Waals surface area (Å²) in [6.07, 6.45) is 3.09. The fourth-order valence-electron chi connectivity index (χ4n) is 2.80. The standard InChI is InChI=1S/C15H18N2O/c1-10(16)9-17-7-6-11-8-13-12(15(11)17)4-3-5-14(13)18-2/h3-7,10H,8-9,16H2,1-2H3/t10-/m1/s1. The summed E-state index contributed by atoms with van der Waals surface area (Å²) in [5.74, 6) is 0.982. The Labute approximate surface area is 107 Å². The molecule has 0 bridgehead atoms. The van der Waals surface area contributed by atoms with Crippen LogP contribution in [0.2, 0.25) is 0 Å². The van der Waals surface area contributed by atoms with Crippen molar-refractivity contribution in [1.29, 1.82) is 0 Å². The van der Waals surface area contributed by atoms with E-state index in [9.17, 15) is 0 Å². The van der Waals surface area contributed by atoms with Gasteiger partial charge in [-0.1, -0.05) is 12.1 Å². The van der Waals surface area contributed by atoms with E-state index in [1.165, 1.54) is 22.4 Å². The molecule has 0 unspecified atom stereocenters. The van der Waals surface area contributed by atoms with E-state index in [0.717, 1.165) is 18.7 Å². The molecule has 0 spiro atoms. The van der Waals surface area contributed by atoms with Gasteiger partial charge in [0.1, 0.15) is 5.75 Å². The first-order valence-electron chi connectivity index (χ1n) is 6.30. The summed E-state index contributed by atoms with van der Waals surface area (Å²) in [5.41, 5.74) is 11.2. The van der Waals surface area contributed by atoms with Crippen LogP contribution in [0.15, 0.2) is 30.5 Å². The van der Waals surface area contributed by atoms with Crippen molar-refractivity contribution < 1.29 is 4.74 Å². The van der Waals surface area contributed by atoms with E-state index >= 15 is 0 Å². The lowest BCUT2D eigenvalue weighted by Crippen LogP contribution is -2.22. The molecular weight excluding hydrogens is 224 g/mol. The van der Waals surface area contributed by atoms with Crippen molar-refractivity contribution in [3.63, 3.8) is 0 Å². The molecule has 0 fully saturated rings. The minimum atomic E-state index is 0.163. The van der Waals surface area contributed by atoms with Crippen LogP contribution in [0.4, 0.5) is 0 Å². The summed E-state index contributed by atoms with van der Waals surface area (Å²) in [6.45, 7) is 2.89. The van der Waals surface area contributed by atoms with Crippen LogP contribution in [0.25, 0.3) is 11.3 Å². The quantitative estimate of drug-likeness (QED) is 0.766. The fraction of sp³-hybridized carbons (Fsp3) is 0.333. The average Bonchev–Trinajstić information content (AvgIpc) is 2.88. The van der Waals surface area contributed by atoms with Gasteiger partial charge in [-0.3, -0.25) is 0 Å². The van der Waals surface area contributed by atoms with E-state index in [1.807, 2.05) is 13.0 Å². The van der Waals surface area contributed by atoms with E-state index < -0.39 is 0 Å². The highest BCUT2D eigenvalue weighted by molar-refractivity contribution is 5.77. The molecule has 1 aromatic carbocycles. The zero-order valence-electron chi connectivity index (χ0n) is 10.8. The van der Waals surface area contributed by atoms with Gasteiger partial charge in [0.15, 0.2) is 0 Å². The number of fused-ring (bicyclic) bond motifs is 3. The van der Waals surface area contributed by atoms with Gasteiger partial charge in [0.2, 0.25) is 0 Å². The van der Waals surface area contributed by atoms with Crippen LogP contribution in [0.5, 0.6) is 5.75 Å². The Balaban J connectivity index is 2.11. The highest BCUT2D eigenvalue weighted by atomic mass is 16.5. The number of hydrogen-bond acceptors (Lipinski definition) is 2. The molecule has 1 atom stereocenters. The molecule has 18 heavy (non-hydrogen) atoms. The maximum Gasteiger partial charge on any atom is 0.123 e. The van der Waals surface area contributed by atoms with Crippen LogP contribution >= 0.6 is 0 Å². The van der Waals surface area contributed by atoms with Gasteiger partial charge in [-0.2, -0.15) is 0 Å². The van der Waals surface area contributed by atoms with Crippen molar-refractivity contribution in [1.82, 2.24) is 4.57 Å². The van der Waals surface area contributed by atoms with Crippen molar-refractivity contribution in [2.24, 2.45) is 5.73 Å². The zero-order chi connectivity index (χ0) is 12.7. The number of aromatic nitrogens is 1. The maximum atomic E-state index is 5.91. The second-order valence-electron chi connectivity index (χ2n) is 4.98. The monoisotopic (exact) mass is 242 g/mol. The molecule has 0 saturated carbocycles. The molecule has 0 amide bonds. The van der Waals surface area contributed by atoms with Gasteiger partial charge in [-0.05, 0) is 24.6 Å². The average molecular weight is 242 g/mol. The van der Waals surface area contributed by atoms with Crippen LogP contribution in [0, 0.1) is 0 Å². The Morgan fingerprint density at radius 3 is 2.94 bits per heavy atom. The number of benzene rings is 1. The van der Waals surface area contributed by atoms with Gasteiger partial charge in [0, 0.05) is 36.3 Å². The van der Waals surface area contributed by atoms with Gasteiger partial charge in [0.05, 0.1) is 12.8 Å². The second kappa shape index (κ2) is 4.18. The maximum absolute atomic E-state index is 5.91. The molecule has 2 N–H and O–H groups in total. The van der Waals surface area contributed by atoms with Gasteiger partial charge >= 0.3 is 0 Å². The van der Waals surface area contributed by atoms with Crippen LogP contribution in [0.1, 0.15) is 18.1 Å². The third-order valence-corrected chi connectivity index (χ3v) is 3.51. The Bertz CT molecular complexity index is 584. The first-order valence-corrected chi connectivity index (χ1v) is 6.30. The molecule has 2 aromatic rings. The Morgan fingerprint density at radius 1 is 1.39 bits per heavy atom. The molecule has 3 nitrogen and oxygen atoms in total. The molecule has 94 valence electrons. The number of methoxy groups -OCH3 is 1. The van der Waals surface area contributed by atoms with Crippen LogP contribution in [0.3, 0.4) is 0 Å². The molecule has 1 aliphatic rings. The van der Waals surface area contributed by atoms with Crippen molar-refractivity contribution in [2.45, 2.75) is 25.9 Å². The highest BCUT2D eigenvalue weighted by Crippen LogP contribution is 2.41.